The molecule has 5 nitrogen and oxygen atoms in total. The zero-order valence-corrected chi connectivity index (χ0v) is 15.4. The summed E-state index contributed by atoms with van der Waals surface area (Å²) in [5, 5.41) is 9.06. The summed E-state index contributed by atoms with van der Waals surface area (Å²) >= 11 is 0. The van der Waals surface area contributed by atoms with Crippen LogP contribution >= 0.6 is 9.24 Å². The standard InChI is InChI=1S/C19H20N5P/c1-19(2,25)12-22-18-21-11-17-15(7-9-24(17)23-18)13-5-6-16-14(10-13)4-3-8-20-16/h3-11H,12,25H2,1-2H3,(H,22,23). The van der Waals surface area contributed by atoms with Crippen molar-refractivity contribution in [3.05, 3.63) is 55.0 Å². The van der Waals surface area contributed by atoms with Crippen molar-refractivity contribution in [2.75, 3.05) is 11.9 Å². The number of aromatic nitrogens is 4. The van der Waals surface area contributed by atoms with Gasteiger partial charge in [0.25, 0.3) is 0 Å². The maximum Gasteiger partial charge on any atom is 0.241 e. The second-order valence-corrected chi connectivity index (χ2v) is 8.46. The number of hydrogen-bond donors (Lipinski definition) is 1. The third-order valence-corrected chi connectivity index (χ3v) is 4.24. The fourth-order valence-corrected chi connectivity index (χ4v) is 2.88. The van der Waals surface area contributed by atoms with Gasteiger partial charge < -0.3 is 5.32 Å². The first-order valence-corrected chi connectivity index (χ1v) is 8.80. The minimum atomic E-state index is 0.0965. The molecule has 4 aromatic rings. The predicted octanol–water partition coefficient (Wildman–Crippen LogP) is 4.01. The van der Waals surface area contributed by atoms with E-state index in [9.17, 15) is 0 Å². The normalized spacial score (nSPS) is 12.0. The average molecular weight is 349 g/mol. The van der Waals surface area contributed by atoms with E-state index in [4.69, 9.17) is 0 Å². The van der Waals surface area contributed by atoms with Gasteiger partial charge in [0.15, 0.2) is 0 Å². The smallest absolute Gasteiger partial charge is 0.241 e. The van der Waals surface area contributed by atoms with Crippen LogP contribution in [0.25, 0.3) is 27.5 Å². The number of nitrogens with zero attached hydrogens (tertiary/aromatic N) is 4. The highest BCUT2D eigenvalue weighted by Gasteiger charge is 2.12. The van der Waals surface area contributed by atoms with E-state index in [2.05, 4.69) is 67.7 Å². The van der Waals surface area contributed by atoms with Crippen LogP contribution in [-0.4, -0.2) is 31.3 Å². The van der Waals surface area contributed by atoms with E-state index in [1.54, 1.807) is 0 Å². The molecule has 1 unspecified atom stereocenters. The van der Waals surface area contributed by atoms with Crippen LogP contribution in [0.4, 0.5) is 5.95 Å². The zero-order chi connectivity index (χ0) is 17.4. The molecule has 0 saturated heterocycles. The summed E-state index contributed by atoms with van der Waals surface area (Å²) in [5.74, 6) is 0.632. The number of fused-ring (bicyclic) bond motifs is 2. The van der Waals surface area contributed by atoms with E-state index in [1.807, 2.05) is 35.2 Å². The van der Waals surface area contributed by atoms with Crippen molar-refractivity contribution in [3.63, 3.8) is 0 Å². The van der Waals surface area contributed by atoms with Gasteiger partial charge in [-0.2, -0.15) is 0 Å². The van der Waals surface area contributed by atoms with Gasteiger partial charge in [-0.25, -0.2) is 9.50 Å². The number of pyridine rings is 1. The van der Waals surface area contributed by atoms with Crippen LogP contribution in [0.3, 0.4) is 0 Å². The topological polar surface area (TPSA) is 55.1 Å². The maximum atomic E-state index is 4.56. The lowest BCUT2D eigenvalue weighted by Crippen LogP contribution is -2.23. The molecule has 0 saturated carbocycles. The lowest BCUT2D eigenvalue weighted by molar-refractivity contribution is 0.739. The molecule has 126 valence electrons. The summed E-state index contributed by atoms with van der Waals surface area (Å²) in [5.41, 5.74) is 4.23. The quantitative estimate of drug-likeness (QED) is 0.566. The van der Waals surface area contributed by atoms with E-state index >= 15 is 0 Å². The Labute approximate surface area is 148 Å². The van der Waals surface area contributed by atoms with Crippen molar-refractivity contribution in [2.24, 2.45) is 0 Å². The third-order valence-electron chi connectivity index (χ3n) is 4.03. The average Bonchev–Trinajstić information content (AvgIpc) is 3.02. The highest BCUT2D eigenvalue weighted by atomic mass is 31.0. The molecule has 1 atom stereocenters. The molecule has 0 aliphatic heterocycles. The molecule has 4 rings (SSSR count). The molecule has 1 aromatic carbocycles. The van der Waals surface area contributed by atoms with Crippen molar-refractivity contribution >= 4 is 31.6 Å². The van der Waals surface area contributed by atoms with Crippen LogP contribution in [0.1, 0.15) is 13.8 Å². The van der Waals surface area contributed by atoms with E-state index in [0.29, 0.717) is 5.95 Å². The first-order chi connectivity index (χ1) is 12.0. The van der Waals surface area contributed by atoms with Crippen LogP contribution in [-0.2, 0) is 0 Å². The predicted molar refractivity (Wildman–Crippen MR) is 106 cm³/mol. The van der Waals surface area contributed by atoms with Gasteiger partial charge in [0.1, 0.15) is 0 Å². The minimum Gasteiger partial charge on any atom is -0.352 e. The molecule has 3 heterocycles. The Bertz CT molecular complexity index is 1050. The molecule has 0 bridgehead atoms. The number of nitrogens with one attached hydrogen (secondary N) is 1. The van der Waals surface area contributed by atoms with Gasteiger partial charge in [-0.05, 0) is 35.0 Å². The van der Waals surface area contributed by atoms with Crippen LogP contribution in [0, 0.1) is 0 Å². The maximum absolute atomic E-state index is 4.56. The molecule has 0 aliphatic rings. The van der Waals surface area contributed by atoms with Crippen molar-refractivity contribution in [3.8, 4) is 11.1 Å². The first-order valence-electron chi connectivity index (χ1n) is 8.22. The van der Waals surface area contributed by atoms with Crippen LogP contribution < -0.4 is 5.32 Å². The van der Waals surface area contributed by atoms with Gasteiger partial charge in [-0.1, -0.05) is 26.0 Å². The third kappa shape index (κ3) is 3.33. The second kappa shape index (κ2) is 6.08. The SMILES string of the molecule is CC(C)(P)CNc1ncc2c(-c3ccc4ncccc4c3)ccn2n1. The van der Waals surface area contributed by atoms with Gasteiger partial charge in [-0.15, -0.1) is 14.3 Å². The molecule has 3 aromatic heterocycles. The van der Waals surface area contributed by atoms with E-state index < -0.39 is 0 Å². The van der Waals surface area contributed by atoms with E-state index in [-0.39, 0.29) is 5.16 Å². The molecule has 0 fully saturated rings. The lowest BCUT2D eigenvalue weighted by atomic mass is 10.0. The molecular formula is C19H20N5P. The fourth-order valence-electron chi connectivity index (χ4n) is 2.78. The Morgan fingerprint density at radius 2 is 2.04 bits per heavy atom. The zero-order valence-electron chi connectivity index (χ0n) is 14.3. The van der Waals surface area contributed by atoms with Crippen LogP contribution in [0.5, 0.6) is 0 Å². The highest BCUT2D eigenvalue weighted by Crippen LogP contribution is 2.28. The largest absolute Gasteiger partial charge is 0.352 e. The summed E-state index contributed by atoms with van der Waals surface area (Å²) in [4.78, 5) is 8.84. The van der Waals surface area contributed by atoms with E-state index in [1.165, 1.54) is 0 Å². The Balaban J connectivity index is 1.70. The van der Waals surface area contributed by atoms with E-state index in [0.717, 1.165) is 34.1 Å². The molecule has 1 N–H and O–H groups in total. The first kappa shape index (κ1) is 16.0. The summed E-state index contributed by atoms with van der Waals surface area (Å²) in [7, 11) is 2.82. The van der Waals surface area contributed by atoms with Gasteiger partial charge in [0.2, 0.25) is 5.95 Å². The van der Waals surface area contributed by atoms with Gasteiger partial charge >= 0.3 is 0 Å². The molecule has 25 heavy (non-hydrogen) atoms. The number of hydrogen-bond acceptors (Lipinski definition) is 4. The van der Waals surface area contributed by atoms with Crippen LogP contribution in [0.2, 0.25) is 0 Å². The number of benzene rings is 1. The summed E-state index contributed by atoms with van der Waals surface area (Å²) in [6, 6.07) is 12.4. The van der Waals surface area contributed by atoms with Crippen LogP contribution in [0.15, 0.2) is 55.0 Å². The molecule has 0 aliphatic carbocycles. The van der Waals surface area contributed by atoms with Gasteiger partial charge in [0.05, 0.1) is 17.2 Å². The summed E-state index contributed by atoms with van der Waals surface area (Å²) in [6.45, 7) is 5.08. The monoisotopic (exact) mass is 349 g/mol. The Morgan fingerprint density at radius 1 is 1.16 bits per heavy atom. The molecule has 6 heteroatoms. The fraction of sp³-hybridized carbons (Fsp3) is 0.211. The molecule has 0 radical (unpaired) electrons. The van der Waals surface area contributed by atoms with Gasteiger partial charge in [0, 0.05) is 29.9 Å². The van der Waals surface area contributed by atoms with Crippen molar-refractivity contribution in [1.29, 1.82) is 0 Å². The molecular weight excluding hydrogens is 329 g/mol. The van der Waals surface area contributed by atoms with Crippen molar-refractivity contribution in [2.45, 2.75) is 19.0 Å². The van der Waals surface area contributed by atoms with Crippen molar-refractivity contribution < 1.29 is 0 Å². The number of rotatable bonds is 4. The highest BCUT2D eigenvalue weighted by molar-refractivity contribution is 7.18. The lowest BCUT2D eigenvalue weighted by Gasteiger charge is -2.18. The molecule has 0 spiro atoms. The Kier molecular flexibility index (Phi) is 3.89. The molecule has 0 amide bonds. The second-order valence-electron chi connectivity index (χ2n) is 6.89. The van der Waals surface area contributed by atoms with Gasteiger partial charge in [-0.3, -0.25) is 4.98 Å². The summed E-state index contributed by atoms with van der Waals surface area (Å²) < 4.78 is 1.87. The minimum absolute atomic E-state index is 0.0965. The Hall–Kier alpha value is -2.52. The summed E-state index contributed by atoms with van der Waals surface area (Å²) in [6.07, 6.45) is 5.65. The van der Waals surface area contributed by atoms with Crippen molar-refractivity contribution in [1.82, 2.24) is 19.6 Å². The number of anilines is 1. The Morgan fingerprint density at radius 3 is 2.88 bits per heavy atom.